The van der Waals surface area contributed by atoms with Crippen molar-refractivity contribution >= 4 is 5.97 Å². The largest absolute Gasteiger partial charge is 0.497 e. The number of pyridine rings is 1. The highest BCUT2D eigenvalue weighted by Gasteiger charge is 2.05. The number of aliphatic carboxylic acids is 1. The summed E-state index contributed by atoms with van der Waals surface area (Å²) in [4.78, 5) is 15.0. The van der Waals surface area contributed by atoms with Crippen LogP contribution >= 0.6 is 0 Å². The molecule has 7 nitrogen and oxygen atoms in total. The number of benzene rings is 1. The van der Waals surface area contributed by atoms with Crippen molar-refractivity contribution in [3.63, 3.8) is 0 Å². The van der Waals surface area contributed by atoms with E-state index in [4.69, 9.17) is 14.6 Å². The lowest BCUT2D eigenvalue weighted by Crippen LogP contribution is -2.02. The highest BCUT2D eigenvalue weighted by atomic mass is 16.5. The van der Waals surface area contributed by atoms with Gasteiger partial charge in [-0.1, -0.05) is 12.1 Å². The highest BCUT2D eigenvalue weighted by molar-refractivity contribution is 5.66. The molecule has 0 unspecified atom stereocenters. The van der Waals surface area contributed by atoms with Crippen LogP contribution in [0.25, 0.3) is 5.82 Å². The molecular weight excluding hydrogens is 334 g/mol. The predicted molar refractivity (Wildman–Crippen MR) is 94.6 cm³/mol. The molecule has 2 heterocycles. The van der Waals surface area contributed by atoms with Crippen LogP contribution < -0.4 is 9.47 Å². The van der Waals surface area contributed by atoms with Crippen LogP contribution in [0.15, 0.2) is 54.9 Å². The third-order valence-electron chi connectivity index (χ3n) is 3.76. The van der Waals surface area contributed by atoms with Crippen molar-refractivity contribution in [1.82, 2.24) is 14.8 Å². The molecule has 0 aliphatic carbocycles. The molecule has 26 heavy (non-hydrogen) atoms. The first-order valence-corrected chi connectivity index (χ1v) is 8.12. The Morgan fingerprint density at radius 2 is 1.88 bits per heavy atom. The third kappa shape index (κ3) is 4.60. The monoisotopic (exact) mass is 353 g/mol. The number of hydrogen-bond acceptors (Lipinski definition) is 5. The van der Waals surface area contributed by atoms with Crippen LogP contribution in [-0.4, -0.2) is 33.0 Å². The fraction of sp³-hybridized carbons (Fsp3) is 0.211. The van der Waals surface area contributed by atoms with E-state index in [9.17, 15) is 4.79 Å². The molecule has 0 spiro atoms. The van der Waals surface area contributed by atoms with Gasteiger partial charge in [0.15, 0.2) is 5.82 Å². The Morgan fingerprint density at radius 3 is 2.54 bits per heavy atom. The van der Waals surface area contributed by atoms with Crippen molar-refractivity contribution in [2.45, 2.75) is 19.4 Å². The number of aryl methyl sites for hydroxylation is 1. The van der Waals surface area contributed by atoms with E-state index in [1.54, 1.807) is 36.3 Å². The number of carboxylic acid groups (broad SMARTS) is 1. The summed E-state index contributed by atoms with van der Waals surface area (Å²) in [5, 5.41) is 13.1. The molecule has 7 heteroatoms. The minimum Gasteiger partial charge on any atom is -0.497 e. The zero-order valence-electron chi connectivity index (χ0n) is 14.3. The van der Waals surface area contributed by atoms with Gasteiger partial charge in [0.1, 0.15) is 18.1 Å². The number of carbonyl (C=O) groups is 1. The lowest BCUT2D eigenvalue weighted by molar-refractivity contribution is -0.136. The van der Waals surface area contributed by atoms with E-state index in [1.165, 1.54) is 0 Å². The van der Waals surface area contributed by atoms with E-state index in [1.807, 2.05) is 30.3 Å². The molecule has 3 rings (SSSR count). The molecule has 2 aromatic heterocycles. The average molecular weight is 353 g/mol. The molecule has 0 aliphatic rings. The highest BCUT2D eigenvalue weighted by Crippen LogP contribution is 2.16. The molecule has 0 amide bonds. The fourth-order valence-corrected chi connectivity index (χ4v) is 2.34. The Hall–Kier alpha value is -3.35. The van der Waals surface area contributed by atoms with E-state index in [-0.39, 0.29) is 6.42 Å². The molecule has 3 aromatic rings. The Balaban J connectivity index is 1.58. The van der Waals surface area contributed by atoms with Crippen LogP contribution in [0.1, 0.15) is 17.7 Å². The summed E-state index contributed by atoms with van der Waals surface area (Å²) in [5.41, 5.74) is 1.75. The molecule has 0 aliphatic heterocycles. The number of aromatic nitrogens is 3. The number of ether oxygens (including phenoxy) is 2. The van der Waals surface area contributed by atoms with Crippen LogP contribution in [0.3, 0.4) is 0 Å². The lowest BCUT2D eigenvalue weighted by atomic mass is 10.2. The van der Waals surface area contributed by atoms with Crippen molar-refractivity contribution < 1.29 is 19.4 Å². The minimum absolute atomic E-state index is 0.0581. The maximum Gasteiger partial charge on any atom is 0.303 e. The summed E-state index contributed by atoms with van der Waals surface area (Å²) in [6, 6.07) is 13.1. The summed E-state index contributed by atoms with van der Waals surface area (Å²) in [6.45, 7) is 0.437. The third-order valence-corrected chi connectivity index (χ3v) is 3.76. The van der Waals surface area contributed by atoms with Gasteiger partial charge in [-0.15, -0.1) is 0 Å². The van der Waals surface area contributed by atoms with Gasteiger partial charge in [0.05, 0.1) is 25.4 Å². The van der Waals surface area contributed by atoms with Gasteiger partial charge in [0.25, 0.3) is 0 Å². The van der Waals surface area contributed by atoms with Crippen LogP contribution in [0.5, 0.6) is 11.5 Å². The maximum atomic E-state index is 10.6. The van der Waals surface area contributed by atoms with Crippen molar-refractivity contribution in [1.29, 1.82) is 0 Å². The summed E-state index contributed by atoms with van der Waals surface area (Å²) in [5.74, 6) is 1.27. The van der Waals surface area contributed by atoms with Gasteiger partial charge in [-0.25, -0.2) is 9.67 Å². The summed E-state index contributed by atoms with van der Waals surface area (Å²) in [7, 11) is 1.63. The topological polar surface area (TPSA) is 86.5 Å². The summed E-state index contributed by atoms with van der Waals surface area (Å²) < 4.78 is 12.5. The molecule has 134 valence electrons. The molecule has 1 N–H and O–H groups in total. The van der Waals surface area contributed by atoms with Crippen LogP contribution in [0.4, 0.5) is 0 Å². The summed E-state index contributed by atoms with van der Waals surface area (Å²) in [6.07, 6.45) is 3.85. The quantitative estimate of drug-likeness (QED) is 0.670. The van der Waals surface area contributed by atoms with E-state index in [0.29, 0.717) is 30.3 Å². The van der Waals surface area contributed by atoms with Crippen LogP contribution in [-0.2, 0) is 17.8 Å². The summed E-state index contributed by atoms with van der Waals surface area (Å²) >= 11 is 0. The average Bonchev–Trinajstić information content (AvgIpc) is 3.14. The van der Waals surface area contributed by atoms with Gasteiger partial charge >= 0.3 is 5.97 Å². The van der Waals surface area contributed by atoms with Crippen molar-refractivity contribution in [2.24, 2.45) is 0 Å². The second-order valence-corrected chi connectivity index (χ2v) is 5.63. The van der Waals surface area contributed by atoms with E-state index < -0.39 is 5.97 Å². The molecule has 0 radical (unpaired) electrons. The SMILES string of the molecule is COc1ccc(COc2ccc(-n3ccc(CCC(=O)O)n3)nc2)cc1. The number of carboxylic acids is 1. The van der Waals surface area contributed by atoms with Gasteiger partial charge in [0.2, 0.25) is 0 Å². The Morgan fingerprint density at radius 1 is 1.12 bits per heavy atom. The van der Waals surface area contributed by atoms with Crippen molar-refractivity contribution in [3.8, 4) is 17.3 Å². The van der Waals surface area contributed by atoms with Gasteiger partial charge in [-0.05, 0) is 35.9 Å². The Bertz CT molecular complexity index is 857. The smallest absolute Gasteiger partial charge is 0.303 e. The van der Waals surface area contributed by atoms with Gasteiger partial charge < -0.3 is 14.6 Å². The first kappa shape index (κ1) is 17.5. The second-order valence-electron chi connectivity index (χ2n) is 5.63. The molecule has 1 aromatic carbocycles. The number of hydrogen-bond donors (Lipinski definition) is 1. The zero-order chi connectivity index (χ0) is 18.4. The van der Waals surface area contributed by atoms with E-state index >= 15 is 0 Å². The minimum atomic E-state index is -0.837. The van der Waals surface area contributed by atoms with Crippen molar-refractivity contribution in [3.05, 3.63) is 66.1 Å². The van der Waals surface area contributed by atoms with Crippen molar-refractivity contribution in [2.75, 3.05) is 7.11 Å². The maximum absolute atomic E-state index is 10.6. The molecule has 0 fully saturated rings. The molecule has 0 saturated carbocycles. The first-order chi connectivity index (χ1) is 12.6. The molecule has 0 atom stereocenters. The zero-order valence-corrected chi connectivity index (χ0v) is 14.3. The lowest BCUT2D eigenvalue weighted by Gasteiger charge is -2.07. The van der Waals surface area contributed by atoms with Gasteiger partial charge in [0, 0.05) is 12.6 Å². The Labute approximate surface area is 150 Å². The normalized spacial score (nSPS) is 10.5. The van der Waals surface area contributed by atoms with Gasteiger partial charge in [-0.2, -0.15) is 5.10 Å². The standard InChI is InChI=1S/C19H19N3O4/c1-25-16-5-2-14(3-6-16)13-26-17-7-8-18(20-12-17)22-11-10-15(21-22)4-9-19(23)24/h2-3,5-8,10-12H,4,9,13H2,1H3,(H,23,24). The van der Waals surface area contributed by atoms with Gasteiger partial charge in [-0.3, -0.25) is 4.79 Å². The molecule has 0 bridgehead atoms. The second kappa shape index (κ2) is 8.15. The first-order valence-electron chi connectivity index (χ1n) is 8.12. The van der Waals surface area contributed by atoms with Crippen LogP contribution in [0, 0.1) is 0 Å². The molecular formula is C19H19N3O4. The predicted octanol–water partition coefficient (Wildman–Crippen LogP) is 2.87. The molecule has 0 saturated heterocycles. The fourth-order valence-electron chi connectivity index (χ4n) is 2.34. The van der Waals surface area contributed by atoms with E-state index in [2.05, 4.69) is 10.1 Å². The number of methoxy groups -OCH3 is 1. The number of nitrogens with zero attached hydrogens (tertiary/aromatic N) is 3. The number of rotatable bonds is 8. The Kier molecular flexibility index (Phi) is 5.48. The van der Waals surface area contributed by atoms with Crippen LogP contribution in [0.2, 0.25) is 0 Å². The van der Waals surface area contributed by atoms with E-state index in [0.717, 1.165) is 11.3 Å².